The Bertz CT molecular complexity index is 398. The van der Waals surface area contributed by atoms with Gasteiger partial charge in [0.15, 0.2) is 0 Å². The molecule has 8 heteroatoms. The van der Waals surface area contributed by atoms with E-state index >= 15 is 0 Å². The van der Waals surface area contributed by atoms with E-state index in [4.69, 9.17) is 0 Å². The van der Waals surface area contributed by atoms with Crippen molar-refractivity contribution in [3.63, 3.8) is 0 Å². The first-order valence-electron chi connectivity index (χ1n) is 5.15. The van der Waals surface area contributed by atoms with Crippen molar-refractivity contribution >= 4 is 18.0 Å². The van der Waals surface area contributed by atoms with E-state index in [1.54, 1.807) is 7.05 Å². The minimum absolute atomic E-state index is 0.268. The summed E-state index contributed by atoms with van der Waals surface area (Å²) in [5.74, 6) is -1.35. The normalized spacial score (nSPS) is 29.5. The van der Waals surface area contributed by atoms with Crippen LogP contribution in [0.15, 0.2) is 0 Å². The number of likely N-dealkylation sites (N-methyl/N-ethyl adjacent to an activating group) is 2. The van der Waals surface area contributed by atoms with E-state index in [9.17, 15) is 19.5 Å². The minimum Gasteiger partial charge on any atom is -0.548 e. The topological polar surface area (TPSA) is 96.0 Å². The molecule has 2 aliphatic rings. The Kier molecular flexibility index (Phi) is 2.37. The van der Waals surface area contributed by atoms with Gasteiger partial charge in [-0.1, -0.05) is 0 Å². The lowest BCUT2D eigenvalue weighted by atomic mass is 10.2. The summed E-state index contributed by atoms with van der Waals surface area (Å²) in [6.45, 7) is 1.36. The SMILES string of the molecule is C[C@H](C(=O)[O-])N1C(=O)N[C@H]2[C@@H]1N(C)C(=O)N2C. The Hall–Kier alpha value is -1.99. The van der Waals surface area contributed by atoms with Crippen molar-refractivity contribution in [2.24, 2.45) is 0 Å². The van der Waals surface area contributed by atoms with Crippen molar-refractivity contribution in [1.82, 2.24) is 20.0 Å². The number of urea groups is 2. The number of amides is 4. The standard InChI is InChI=1S/C9H14N4O4/c1-4(7(14)15)13-6-5(10-8(13)16)11(2)9(17)12(6)3/h4-6H,1-3H3,(H,10,16)(H,14,15)/p-1/t4-,5-,6-/m1/s1. The molecule has 0 unspecified atom stereocenters. The summed E-state index contributed by atoms with van der Waals surface area (Å²) in [6.07, 6.45) is -1.14. The molecule has 0 aliphatic carbocycles. The van der Waals surface area contributed by atoms with E-state index < -0.39 is 30.4 Å². The van der Waals surface area contributed by atoms with Crippen LogP contribution in [0.5, 0.6) is 0 Å². The lowest BCUT2D eigenvalue weighted by Crippen LogP contribution is -2.54. The highest BCUT2D eigenvalue weighted by atomic mass is 16.4. The van der Waals surface area contributed by atoms with Gasteiger partial charge in [0.1, 0.15) is 12.3 Å². The van der Waals surface area contributed by atoms with Crippen molar-refractivity contribution in [2.45, 2.75) is 25.3 Å². The van der Waals surface area contributed by atoms with Crippen LogP contribution >= 0.6 is 0 Å². The Labute approximate surface area is 97.8 Å². The van der Waals surface area contributed by atoms with Gasteiger partial charge in [0.05, 0.1) is 12.0 Å². The number of fused-ring (bicyclic) bond motifs is 1. The lowest BCUT2D eigenvalue weighted by Gasteiger charge is -2.32. The van der Waals surface area contributed by atoms with E-state index in [2.05, 4.69) is 5.32 Å². The van der Waals surface area contributed by atoms with Crippen molar-refractivity contribution in [3.05, 3.63) is 0 Å². The highest BCUT2D eigenvalue weighted by Gasteiger charge is 2.53. The molecule has 1 N–H and O–H groups in total. The molecule has 2 heterocycles. The molecular weight excluding hydrogens is 228 g/mol. The third kappa shape index (κ3) is 1.40. The third-order valence-electron chi connectivity index (χ3n) is 3.25. The molecule has 2 aliphatic heterocycles. The van der Waals surface area contributed by atoms with E-state index in [-0.39, 0.29) is 6.03 Å². The predicted octanol–water partition coefficient (Wildman–Crippen LogP) is -2.20. The van der Waals surface area contributed by atoms with Crippen LogP contribution in [0.25, 0.3) is 0 Å². The van der Waals surface area contributed by atoms with Crippen LogP contribution in [0.3, 0.4) is 0 Å². The average Bonchev–Trinajstić information content (AvgIpc) is 2.70. The number of nitrogens with zero attached hydrogens (tertiary/aromatic N) is 3. The van der Waals surface area contributed by atoms with Gasteiger partial charge in [-0.25, -0.2) is 9.59 Å². The zero-order chi connectivity index (χ0) is 12.9. The van der Waals surface area contributed by atoms with Gasteiger partial charge in [-0.05, 0) is 6.92 Å². The molecule has 0 bridgehead atoms. The molecule has 0 aromatic carbocycles. The number of aliphatic carboxylic acids is 1. The number of carbonyl (C=O) groups excluding carboxylic acids is 3. The first-order valence-corrected chi connectivity index (χ1v) is 5.15. The van der Waals surface area contributed by atoms with Crippen LogP contribution in [-0.4, -0.2) is 65.2 Å². The highest BCUT2D eigenvalue weighted by Crippen LogP contribution is 2.27. The number of hydrogen-bond donors (Lipinski definition) is 1. The first kappa shape index (κ1) is 11.5. The quantitative estimate of drug-likeness (QED) is 0.593. The Morgan fingerprint density at radius 1 is 1.35 bits per heavy atom. The van der Waals surface area contributed by atoms with Gasteiger partial charge in [-0.3, -0.25) is 4.90 Å². The van der Waals surface area contributed by atoms with Crippen LogP contribution in [-0.2, 0) is 4.79 Å². The molecule has 4 amide bonds. The van der Waals surface area contributed by atoms with Crippen molar-refractivity contribution in [1.29, 1.82) is 0 Å². The molecule has 0 aromatic rings. The molecule has 2 fully saturated rings. The van der Waals surface area contributed by atoms with E-state index in [0.717, 1.165) is 4.90 Å². The predicted molar refractivity (Wildman–Crippen MR) is 53.3 cm³/mol. The fourth-order valence-electron chi connectivity index (χ4n) is 2.24. The summed E-state index contributed by atoms with van der Waals surface area (Å²) >= 11 is 0. The van der Waals surface area contributed by atoms with Crippen LogP contribution in [0, 0.1) is 0 Å². The van der Waals surface area contributed by atoms with Gasteiger partial charge >= 0.3 is 12.1 Å². The van der Waals surface area contributed by atoms with Gasteiger partial charge in [-0.15, -0.1) is 0 Å². The number of nitrogens with one attached hydrogen (secondary N) is 1. The average molecular weight is 241 g/mol. The molecule has 0 spiro atoms. The molecule has 94 valence electrons. The zero-order valence-corrected chi connectivity index (χ0v) is 9.71. The van der Waals surface area contributed by atoms with Crippen LogP contribution in [0.1, 0.15) is 6.92 Å². The van der Waals surface area contributed by atoms with E-state index in [1.165, 1.54) is 23.8 Å². The maximum Gasteiger partial charge on any atom is 0.323 e. The number of carbonyl (C=O) groups is 3. The van der Waals surface area contributed by atoms with Gasteiger partial charge in [0.25, 0.3) is 0 Å². The molecular formula is C9H13N4O4-. The molecule has 0 radical (unpaired) electrons. The number of hydrogen-bond acceptors (Lipinski definition) is 4. The lowest BCUT2D eigenvalue weighted by molar-refractivity contribution is -0.310. The molecule has 17 heavy (non-hydrogen) atoms. The van der Waals surface area contributed by atoms with E-state index in [0.29, 0.717) is 0 Å². The summed E-state index contributed by atoms with van der Waals surface area (Å²) in [5, 5.41) is 13.4. The molecule has 2 saturated heterocycles. The molecule has 0 aromatic heterocycles. The molecule has 0 saturated carbocycles. The van der Waals surface area contributed by atoms with Crippen LogP contribution in [0.2, 0.25) is 0 Å². The smallest absolute Gasteiger partial charge is 0.323 e. The minimum atomic E-state index is -1.35. The van der Waals surface area contributed by atoms with Crippen molar-refractivity contribution in [2.75, 3.05) is 14.1 Å². The summed E-state index contributed by atoms with van der Waals surface area (Å²) < 4.78 is 0. The zero-order valence-electron chi connectivity index (χ0n) is 9.71. The van der Waals surface area contributed by atoms with Gasteiger partial charge in [0, 0.05) is 14.1 Å². The summed E-state index contributed by atoms with van der Waals surface area (Å²) in [4.78, 5) is 38.0. The number of carboxylic acids is 1. The second kappa shape index (κ2) is 3.51. The van der Waals surface area contributed by atoms with Gasteiger partial charge in [-0.2, -0.15) is 0 Å². The Morgan fingerprint density at radius 2 is 1.94 bits per heavy atom. The highest BCUT2D eigenvalue weighted by molar-refractivity contribution is 5.87. The second-order valence-electron chi connectivity index (χ2n) is 4.21. The maximum absolute atomic E-state index is 11.7. The third-order valence-corrected chi connectivity index (χ3v) is 3.25. The first-order chi connectivity index (χ1) is 7.86. The maximum atomic E-state index is 11.7. The van der Waals surface area contributed by atoms with Gasteiger partial charge < -0.3 is 25.0 Å². The monoisotopic (exact) mass is 241 g/mol. The summed E-state index contributed by atoms with van der Waals surface area (Å²) in [7, 11) is 3.08. The summed E-state index contributed by atoms with van der Waals surface area (Å²) in [6, 6.07) is -1.87. The molecule has 8 nitrogen and oxygen atoms in total. The fraction of sp³-hybridized carbons (Fsp3) is 0.667. The Morgan fingerprint density at radius 3 is 2.47 bits per heavy atom. The largest absolute Gasteiger partial charge is 0.548 e. The van der Waals surface area contributed by atoms with Crippen LogP contribution < -0.4 is 10.4 Å². The van der Waals surface area contributed by atoms with E-state index in [1.807, 2.05) is 0 Å². The summed E-state index contributed by atoms with van der Waals surface area (Å²) in [5.41, 5.74) is 0. The van der Waals surface area contributed by atoms with Crippen LogP contribution in [0.4, 0.5) is 9.59 Å². The van der Waals surface area contributed by atoms with Crippen molar-refractivity contribution in [3.8, 4) is 0 Å². The number of carboxylic acid groups (broad SMARTS) is 1. The van der Waals surface area contributed by atoms with Gasteiger partial charge in [0.2, 0.25) is 0 Å². The molecule has 3 atom stereocenters. The van der Waals surface area contributed by atoms with Crippen molar-refractivity contribution < 1.29 is 19.5 Å². The number of rotatable bonds is 2. The Balaban J connectivity index is 2.33. The molecule has 2 rings (SSSR count). The fourth-order valence-corrected chi connectivity index (χ4v) is 2.24. The second-order valence-corrected chi connectivity index (χ2v) is 4.21.